The Bertz CT molecular complexity index is 908. The molecule has 0 spiro atoms. The summed E-state index contributed by atoms with van der Waals surface area (Å²) in [4.78, 5) is 2.04. The van der Waals surface area contributed by atoms with E-state index in [-0.39, 0.29) is 23.0 Å². The van der Waals surface area contributed by atoms with Crippen LogP contribution in [0.4, 0.5) is 0 Å². The Morgan fingerprint density at radius 3 is 2.29 bits per heavy atom. The molecule has 1 aromatic carbocycles. The van der Waals surface area contributed by atoms with Gasteiger partial charge in [0.2, 0.25) is 0 Å². The molecule has 2 rings (SSSR count). The summed E-state index contributed by atoms with van der Waals surface area (Å²) in [5.74, 6) is 0.757. The fraction of sp³-hybridized carbons (Fsp3) is 0.444. The Morgan fingerprint density at radius 1 is 1.11 bits per heavy atom. The van der Waals surface area contributed by atoms with Crippen LogP contribution in [0.5, 0.6) is 5.75 Å². The fourth-order valence-electron chi connectivity index (χ4n) is 2.55. The number of hydrogen-bond acceptors (Lipinski definition) is 7. The summed E-state index contributed by atoms with van der Waals surface area (Å²) in [5.41, 5.74) is 2.49. The molecule has 10 heteroatoms. The number of rotatable bonds is 9. The Balaban J connectivity index is 2.28. The van der Waals surface area contributed by atoms with Crippen LogP contribution in [0.2, 0.25) is 10.3 Å². The van der Waals surface area contributed by atoms with E-state index in [2.05, 4.69) is 10.2 Å². The van der Waals surface area contributed by atoms with Crippen molar-refractivity contribution in [1.82, 2.24) is 15.1 Å². The number of halogens is 2. The van der Waals surface area contributed by atoms with Crippen molar-refractivity contribution in [2.75, 3.05) is 20.0 Å². The van der Waals surface area contributed by atoms with Gasteiger partial charge in [0.15, 0.2) is 10.3 Å². The minimum atomic E-state index is -3.54. The summed E-state index contributed by atoms with van der Waals surface area (Å²) >= 11 is 12.3. The molecule has 28 heavy (non-hydrogen) atoms. The van der Waals surface area contributed by atoms with Crippen molar-refractivity contribution in [2.45, 2.75) is 33.0 Å². The third kappa shape index (κ3) is 6.56. The van der Waals surface area contributed by atoms with E-state index < -0.39 is 10.1 Å². The molecule has 2 aromatic rings. The first-order chi connectivity index (χ1) is 13.1. The molecule has 1 atom stereocenters. The van der Waals surface area contributed by atoms with E-state index in [0.717, 1.165) is 28.7 Å². The number of ether oxygens (including phenoxy) is 1. The first kappa shape index (κ1) is 22.8. The molecule has 1 aromatic heterocycles. The summed E-state index contributed by atoms with van der Waals surface area (Å²) in [6, 6.07) is 7.41. The molecule has 0 aliphatic rings. The summed E-state index contributed by atoms with van der Waals surface area (Å²) < 4.78 is 33.0. The molecule has 0 fully saturated rings. The molecule has 7 nitrogen and oxygen atoms in total. The van der Waals surface area contributed by atoms with Gasteiger partial charge in [-0.15, -0.1) is 10.2 Å². The summed E-state index contributed by atoms with van der Waals surface area (Å²) in [5, 5.41) is 8.23. The molecule has 0 aliphatic carbocycles. The van der Waals surface area contributed by atoms with Crippen LogP contribution in [0.25, 0.3) is 0 Å². The van der Waals surface area contributed by atoms with Crippen molar-refractivity contribution >= 4 is 33.3 Å². The van der Waals surface area contributed by atoms with Crippen LogP contribution in [-0.4, -0.2) is 49.5 Å². The van der Waals surface area contributed by atoms with Crippen LogP contribution in [0, 0.1) is 6.92 Å². The van der Waals surface area contributed by atoms with Crippen LogP contribution < -0.4 is 4.74 Å². The predicted octanol–water partition coefficient (Wildman–Crippen LogP) is 3.47. The highest BCUT2D eigenvalue weighted by atomic mass is 35.5. The largest absolute Gasteiger partial charge is 0.497 e. The summed E-state index contributed by atoms with van der Waals surface area (Å²) in [6.45, 7) is 4.65. The van der Waals surface area contributed by atoms with Crippen LogP contribution in [0.1, 0.15) is 23.6 Å². The van der Waals surface area contributed by atoms with Crippen molar-refractivity contribution in [2.24, 2.45) is 0 Å². The first-order valence-corrected chi connectivity index (χ1v) is 11.1. The molecular weight excluding hydrogens is 425 g/mol. The second kappa shape index (κ2) is 9.84. The zero-order valence-corrected chi connectivity index (χ0v) is 18.5. The number of nitrogens with zero attached hydrogens (tertiary/aromatic N) is 3. The Labute approximate surface area is 175 Å². The Morgan fingerprint density at radius 2 is 1.71 bits per heavy atom. The standard InChI is InChI=1S/C18H23Cl2N3O4S/c1-12(11-27-28(4,24)25)23(9-14-5-7-15(26-3)8-6-14)10-16-13(2)17(19)21-22-18(16)20/h5-8,12H,9-11H2,1-4H3/t12-/m1/s1. The fourth-order valence-corrected chi connectivity index (χ4v) is 3.39. The quantitative estimate of drug-likeness (QED) is 0.544. The van der Waals surface area contributed by atoms with Crippen molar-refractivity contribution in [3.05, 3.63) is 51.3 Å². The molecule has 0 saturated carbocycles. The van der Waals surface area contributed by atoms with Crippen LogP contribution in [-0.2, 0) is 27.4 Å². The van der Waals surface area contributed by atoms with Gasteiger partial charge in [0.1, 0.15) is 5.75 Å². The first-order valence-electron chi connectivity index (χ1n) is 8.49. The molecule has 0 radical (unpaired) electrons. The van der Waals surface area contributed by atoms with Crippen molar-refractivity contribution < 1.29 is 17.3 Å². The number of aromatic nitrogens is 2. The zero-order valence-electron chi connectivity index (χ0n) is 16.1. The molecule has 0 unspecified atom stereocenters. The maximum Gasteiger partial charge on any atom is 0.264 e. The topological polar surface area (TPSA) is 81.6 Å². The van der Waals surface area contributed by atoms with Gasteiger partial charge in [-0.3, -0.25) is 9.08 Å². The van der Waals surface area contributed by atoms with E-state index in [0.29, 0.717) is 13.1 Å². The van der Waals surface area contributed by atoms with Gasteiger partial charge in [-0.1, -0.05) is 35.3 Å². The van der Waals surface area contributed by atoms with E-state index in [1.54, 1.807) is 7.11 Å². The summed E-state index contributed by atoms with van der Waals surface area (Å²) in [6.07, 6.45) is 1.03. The van der Waals surface area contributed by atoms with Crippen molar-refractivity contribution in [3.8, 4) is 5.75 Å². The van der Waals surface area contributed by atoms with Gasteiger partial charge >= 0.3 is 0 Å². The van der Waals surface area contributed by atoms with Gasteiger partial charge in [-0.25, -0.2) is 0 Å². The summed E-state index contributed by atoms with van der Waals surface area (Å²) in [7, 11) is -1.94. The molecule has 0 aliphatic heterocycles. The maximum atomic E-state index is 11.4. The van der Waals surface area contributed by atoms with E-state index in [1.165, 1.54) is 0 Å². The van der Waals surface area contributed by atoms with Crippen molar-refractivity contribution in [3.63, 3.8) is 0 Å². The molecule has 0 bridgehead atoms. The normalized spacial score (nSPS) is 13.0. The van der Waals surface area contributed by atoms with Gasteiger partial charge < -0.3 is 4.74 Å². The van der Waals surface area contributed by atoms with Crippen LogP contribution in [0.3, 0.4) is 0 Å². The molecule has 0 amide bonds. The minimum absolute atomic E-state index is 0.0118. The van der Waals surface area contributed by atoms with Gasteiger partial charge in [0, 0.05) is 24.7 Å². The molecule has 154 valence electrons. The third-order valence-corrected chi connectivity index (χ3v) is 5.52. The third-order valence-electron chi connectivity index (χ3n) is 4.29. The Kier molecular flexibility index (Phi) is 8.03. The number of methoxy groups -OCH3 is 1. The maximum absolute atomic E-state index is 11.4. The lowest BCUT2D eigenvalue weighted by molar-refractivity contribution is 0.135. The van der Waals surface area contributed by atoms with Gasteiger partial charge in [0.25, 0.3) is 10.1 Å². The van der Waals surface area contributed by atoms with Gasteiger partial charge in [0.05, 0.1) is 20.0 Å². The average Bonchev–Trinajstić information content (AvgIpc) is 2.65. The van der Waals surface area contributed by atoms with Gasteiger partial charge in [-0.05, 0) is 37.1 Å². The zero-order chi connectivity index (χ0) is 20.9. The van der Waals surface area contributed by atoms with Crippen LogP contribution in [0.15, 0.2) is 24.3 Å². The molecule has 1 heterocycles. The molecule has 0 saturated heterocycles. The molecule has 0 N–H and O–H groups in total. The predicted molar refractivity (Wildman–Crippen MR) is 109 cm³/mol. The van der Waals surface area contributed by atoms with Crippen molar-refractivity contribution in [1.29, 1.82) is 0 Å². The van der Waals surface area contributed by atoms with E-state index in [1.807, 2.05) is 43.0 Å². The van der Waals surface area contributed by atoms with E-state index in [9.17, 15) is 8.42 Å². The lowest BCUT2D eigenvalue weighted by Gasteiger charge is -2.29. The Hall–Kier alpha value is -1.45. The number of hydrogen-bond donors (Lipinski definition) is 0. The SMILES string of the molecule is COc1ccc(CN(Cc2c(Cl)nnc(Cl)c2C)[C@H](C)COS(C)(=O)=O)cc1. The second-order valence-corrected chi connectivity index (χ2v) is 8.84. The highest BCUT2D eigenvalue weighted by Gasteiger charge is 2.21. The van der Waals surface area contributed by atoms with E-state index >= 15 is 0 Å². The number of benzene rings is 1. The second-order valence-electron chi connectivity index (χ2n) is 6.48. The van der Waals surface area contributed by atoms with Gasteiger partial charge in [-0.2, -0.15) is 8.42 Å². The van der Waals surface area contributed by atoms with E-state index in [4.69, 9.17) is 32.1 Å². The highest BCUT2D eigenvalue weighted by Crippen LogP contribution is 2.25. The molecular formula is C18H23Cl2N3O4S. The monoisotopic (exact) mass is 447 g/mol. The lowest BCUT2D eigenvalue weighted by Crippen LogP contribution is -2.36. The average molecular weight is 448 g/mol. The minimum Gasteiger partial charge on any atom is -0.497 e. The smallest absolute Gasteiger partial charge is 0.264 e. The highest BCUT2D eigenvalue weighted by molar-refractivity contribution is 7.85. The van der Waals surface area contributed by atoms with Crippen LogP contribution >= 0.6 is 23.2 Å². The lowest BCUT2D eigenvalue weighted by atomic mass is 10.1.